The van der Waals surface area contributed by atoms with Crippen LogP contribution in [0.2, 0.25) is 5.02 Å². The van der Waals surface area contributed by atoms with Crippen molar-refractivity contribution >= 4 is 40.7 Å². The molecule has 0 radical (unpaired) electrons. The number of thiophene rings is 1. The number of halogens is 1. The molecule has 0 spiro atoms. The summed E-state index contributed by atoms with van der Waals surface area (Å²) in [7, 11) is 1.41. The van der Waals surface area contributed by atoms with E-state index in [9.17, 15) is 14.4 Å². The average Bonchev–Trinajstić information content (AvgIpc) is 3.16. The Bertz CT molecular complexity index is 779. The maximum absolute atomic E-state index is 12.1. The number of benzene rings is 1. The fraction of sp³-hybridized carbons (Fsp3) is 0.235. The van der Waals surface area contributed by atoms with Gasteiger partial charge in [-0.25, -0.2) is 0 Å². The number of hydrogen-bond donors (Lipinski definition) is 2. The summed E-state index contributed by atoms with van der Waals surface area (Å²) < 4.78 is 9.92. The number of aryl methyl sites for hydroxylation is 1. The molecule has 2 N–H and O–H groups in total. The van der Waals surface area contributed by atoms with Crippen LogP contribution in [0, 0.1) is 0 Å². The van der Waals surface area contributed by atoms with Crippen molar-refractivity contribution in [1.29, 1.82) is 0 Å². The molecule has 2 rings (SSSR count). The van der Waals surface area contributed by atoms with Crippen molar-refractivity contribution in [2.24, 2.45) is 0 Å². The standard InChI is InChI=1S/C17H17ClN2O5S/c1-24-14-6-4-11(18)9-13(14)17(23)20-19-15(21)10-25-16(22)7-5-12-3-2-8-26-12/h2-4,6,8-9H,5,7,10H2,1H3,(H,19,21)(H,20,23). The molecule has 0 bridgehead atoms. The average molecular weight is 397 g/mol. The number of rotatable bonds is 7. The molecule has 0 aliphatic carbocycles. The van der Waals surface area contributed by atoms with Crippen LogP contribution in [0.25, 0.3) is 0 Å². The molecular formula is C17H17ClN2O5S. The summed E-state index contributed by atoms with van der Waals surface area (Å²) in [5.74, 6) is -1.46. The molecule has 26 heavy (non-hydrogen) atoms. The van der Waals surface area contributed by atoms with Crippen molar-refractivity contribution < 1.29 is 23.9 Å². The van der Waals surface area contributed by atoms with Gasteiger partial charge in [0.15, 0.2) is 6.61 Å². The molecule has 1 aromatic carbocycles. The van der Waals surface area contributed by atoms with Crippen molar-refractivity contribution in [3.05, 3.63) is 51.2 Å². The number of methoxy groups -OCH3 is 1. The molecule has 1 aromatic heterocycles. The molecule has 1 heterocycles. The van der Waals surface area contributed by atoms with E-state index in [1.807, 2.05) is 17.5 Å². The highest BCUT2D eigenvalue weighted by molar-refractivity contribution is 7.09. The van der Waals surface area contributed by atoms with E-state index in [4.69, 9.17) is 21.1 Å². The van der Waals surface area contributed by atoms with Gasteiger partial charge in [0, 0.05) is 9.90 Å². The highest BCUT2D eigenvalue weighted by Gasteiger charge is 2.14. The van der Waals surface area contributed by atoms with Gasteiger partial charge in [0.05, 0.1) is 19.1 Å². The molecule has 0 atom stereocenters. The second kappa shape index (κ2) is 9.79. The van der Waals surface area contributed by atoms with Crippen molar-refractivity contribution in [1.82, 2.24) is 10.9 Å². The Morgan fingerprint density at radius 2 is 2.00 bits per heavy atom. The number of ether oxygens (including phenoxy) is 2. The molecule has 0 aliphatic rings. The molecular weight excluding hydrogens is 380 g/mol. The zero-order chi connectivity index (χ0) is 18.9. The maximum Gasteiger partial charge on any atom is 0.306 e. The van der Waals surface area contributed by atoms with E-state index in [2.05, 4.69) is 10.9 Å². The van der Waals surface area contributed by atoms with E-state index >= 15 is 0 Å². The second-order valence-corrected chi connectivity index (χ2v) is 6.56. The van der Waals surface area contributed by atoms with Gasteiger partial charge in [0.1, 0.15) is 5.75 Å². The molecule has 0 fully saturated rings. The van der Waals surface area contributed by atoms with Crippen LogP contribution in [-0.2, 0) is 20.7 Å². The van der Waals surface area contributed by atoms with Crippen molar-refractivity contribution in [2.45, 2.75) is 12.8 Å². The molecule has 0 saturated carbocycles. The van der Waals surface area contributed by atoms with Crippen LogP contribution < -0.4 is 15.6 Å². The summed E-state index contributed by atoms with van der Waals surface area (Å²) in [5.41, 5.74) is 4.54. The van der Waals surface area contributed by atoms with Crippen LogP contribution in [0.5, 0.6) is 5.75 Å². The minimum atomic E-state index is -0.663. The highest BCUT2D eigenvalue weighted by Crippen LogP contribution is 2.22. The van der Waals surface area contributed by atoms with Gasteiger partial charge in [-0.1, -0.05) is 17.7 Å². The van der Waals surface area contributed by atoms with E-state index in [0.29, 0.717) is 17.2 Å². The van der Waals surface area contributed by atoms with E-state index in [1.165, 1.54) is 19.2 Å². The Kier molecular flexibility index (Phi) is 7.43. The minimum absolute atomic E-state index is 0.160. The Hall–Kier alpha value is -2.58. The lowest BCUT2D eigenvalue weighted by atomic mass is 10.2. The van der Waals surface area contributed by atoms with Crippen LogP contribution in [0.1, 0.15) is 21.7 Å². The van der Waals surface area contributed by atoms with Crippen LogP contribution in [-0.4, -0.2) is 31.5 Å². The molecule has 0 unspecified atom stereocenters. The molecule has 2 aromatic rings. The topological polar surface area (TPSA) is 93.7 Å². The van der Waals surface area contributed by atoms with Crippen LogP contribution in [0.4, 0.5) is 0 Å². The number of esters is 1. The van der Waals surface area contributed by atoms with Gasteiger partial charge in [-0.3, -0.25) is 25.2 Å². The third-order valence-corrected chi connectivity index (χ3v) is 4.41. The first-order valence-electron chi connectivity index (χ1n) is 7.60. The lowest BCUT2D eigenvalue weighted by Crippen LogP contribution is -2.43. The summed E-state index contributed by atoms with van der Waals surface area (Å²) in [5, 5.41) is 2.27. The number of carbonyl (C=O) groups is 3. The third kappa shape index (κ3) is 6.05. The normalized spacial score (nSPS) is 10.1. The number of nitrogens with one attached hydrogen (secondary N) is 2. The lowest BCUT2D eigenvalue weighted by molar-refractivity contribution is -0.148. The predicted octanol–water partition coefficient (Wildman–Crippen LogP) is 2.35. The first-order chi connectivity index (χ1) is 12.5. The van der Waals surface area contributed by atoms with Crippen LogP contribution in [0.3, 0.4) is 0 Å². The first kappa shape index (κ1) is 19.7. The number of hydrogen-bond acceptors (Lipinski definition) is 6. The highest BCUT2D eigenvalue weighted by atomic mass is 35.5. The molecule has 9 heteroatoms. The Labute approximate surface area is 159 Å². The van der Waals surface area contributed by atoms with Crippen molar-refractivity contribution in [3.8, 4) is 5.75 Å². The number of hydrazine groups is 1. The SMILES string of the molecule is COc1ccc(Cl)cc1C(=O)NNC(=O)COC(=O)CCc1cccs1. The Morgan fingerprint density at radius 1 is 1.19 bits per heavy atom. The summed E-state index contributed by atoms with van der Waals surface area (Å²) >= 11 is 7.40. The molecule has 0 saturated heterocycles. The van der Waals surface area contributed by atoms with Crippen LogP contribution >= 0.6 is 22.9 Å². The first-order valence-corrected chi connectivity index (χ1v) is 8.86. The summed E-state index contributed by atoms with van der Waals surface area (Å²) in [4.78, 5) is 36.4. The van der Waals surface area contributed by atoms with Gasteiger partial charge in [0.25, 0.3) is 11.8 Å². The van der Waals surface area contributed by atoms with E-state index in [-0.39, 0.29) is 12.0 Å². The summed E-state index contributed by atoms with van der Waals surface area (Å²) in [6.45, 7) is -0.490. The maximum atomic E-state index is 12.1. The van der Waals surface area contributed by atoms with E-state index < -0.39 is 24.4 Å². The molecule has 2 amide bonds. The monoisotopic (exact) mass is 396 g/mol. The Morgan fingerprint density at radius 3 is 2.69 bits per heavy atom. The van der Waals surface area contributed by atoms with Gasteiger partial charge in [-0.05, 0) is 36.1 Å². The second-order valence-electron chi connectivity index (χ2n) is 5.09. The lowest BCUT2D eigenvalue weighted by Gasteiger charge is -2.11. The smallest absolute Gasteiger partial charge is 0.306 e. The zero-order valence-electron chi connectivity index (χ0n) is 13.9. The fourth-order valence-corrected chi connectivity index (χ4v) is 2.87. The fourth-order valence-electron chi connectivity index (χ4n) is 1.99. The number of amides is 2. The largest absolute Gasteiger partial charge is 0.496 e. The Balaban J connectivity index is 1.73. The van der Waals surface area contributed by atoms with Crippen molar-refractivity contribution in [3.63, 3.8) is 0 Å². The molecule has 7 nitrogen and oxygen atoms in total. The number of carbonyl (C=O) groups excluding carboxylic acids is 3. The zero-order valence-corrected chi connectivity index (χ0v) is 15.5. The predicted molar refractivity (Wildman–Crippen MR) is 97.2 cm³/mol. The summed E-state index contributed by atoms with van der Waals surface area (Å²) in [6.07, 6.45) is 0.739. The summed E-state index contributed by atoms with van der Waals surface area (Å²) in [6, 6.07) is 8.34. The van der Waals surface area contributed by atoms with Gasteiger partial charge < -0.3 is 9.47 Å². The van der Waals surface area contributed by atoms with E-state index in [1.54, 1.807) is 17.4 Å². The minimum Gasteiger partial charge on any atom is -0.496 e. The molecule has 138 valence electrons. The third-order valence-electron chi connectivity index (χ3n) is 3.24. The quantitative estimate of drug-likeness (QED) is 0.553. The van der Waals surface area contributed by atoms with Gasteiger partial charge in [-0.15, -0.1) is 11.3 Å². The molecule has 0 aliphatic heterocycles. The van der Waals surface area contributed by atoms with Crippen molar-refractivity contribution in [2.75, 3.05) is 13.7 Å². The van der Waals surface area contributed by atoms with Gasteiger partial charge in [-0.2, -0.15) is 0 Å². The van der Waals surface area contributed by atoms with Gasteiger partial charge in [0.2, 0.25) is 0 Å². The van der Waals surface area contributed by atoms with Gasteiger partial charge >= 0.3 is 5.97 Å². The van der Waals surface area contributed by atoms with E-state index in [0.717, 1.165) is 4.88 Å². The van der Waals surface area contributed by atoms with Crippen LogP contribution in [0.15, 0.2) is 35.7 Å².